The fraction of sp³-hybridized carbons (Fsp3) is 0.385. The van der Waals surface area contributed by atoms with E-state index in [4.69, 9.17) is 4.42 Å². The highest BCUT2D eigenvalue weighted by Crippen LogP contribution is 2.30. The lowest BCUT2D eigenvalue weighted by Crippen LogP contribution is -2.23. The SMILES string of the molecule is CCCNC(Cc1ccc(Br)s1)c1ccoc1Br. The smallest absolute Gasteiger partial charge is 0.173 e. The van der Waals surface area contributed by atoms with Crippen molar-refractivity contribution < 1.29 is 4.42 Å². The van der Waals surface area contributed by atoms with E-state index in [2.05, 4.69) is 56.2 Å². The summed E-state index contributed by atoms with van der Waals surface area (Å²) in [7, 11) is 0. The van der Waals surface area contributed by atoms with Gasteiger partial charge in [-0.25, -0.2) is 0 Å². The Labute approximate surface area is 128 Å². The van der Waals surface area contributed by atoms with Crippen LogP contribution in [-0.4, -0.2) is 6.54 Å². The second-order valence-electron chi connectivity index (χ2n) is 4.07. The van der Waals surface area contributed by atoms with Crippen molar-refractivity contribution in [3.8, 4) is 0 Å². The molecule has 5 heteroatoms. The van der Waals surface area contributed by atoms with Gasteiger partial charge in [0.2, 0.25) is 0 Å². The van der Waals surface area contributed by atoms with Crippen LogP contribution in [0.25, 0.3) is 0 Å². The lowest BCUT2D eigenvalue weighted by molar-refractivity contribution is 0.499. The number of hydrogen-bond donors (Lipinski definition) is 1. The normalized spacial score (nSPS) is 12.8. The highest BCUT2D eigenvalue weighted by atomic mass is 79.9. The van der Waals surface area contributed by atoms with Crippen LogP contribution in [0.4, 0.5) is 0 Å². The zero-order valence-electron chi connectivity index (χ0n) is 10.1. The van der Waals surface area contributed by atoms with Crippen LogP contribution < -0.4 is 5.32 Å². The Hall–Kier alpha value is -0.100. The van der Waals surface area contributed by atoms with Gasteiger partial charge < -0.3 is 9.73 Å². The minimum Gasteiger partial charge on any atom is -0.457 e. The molecule has 2 nitrogen and oxygen atoms in total. The maximum absolute atomic E-state index is 5.34. The Morgan fingerprint density at radius 3 is 2.72 bits per heavy atom. The molecule has 98 valence electrons. The Morgan fingerprint density at radius 2 is 2.17 bits per heavy atom. The molecule has 0 saturated carbocycles. The van der Waals surface area contributed by atoms with E-state index >= 15 is 0 Å². The first-order chi connectivity index (χ1) is 8.70. The van der Waals surface area contributed by atoms with Crippen LogP contribution in [0.5, 0.6) is 0 Å². The molecule has 0 aliphatic rings. The molecule has 0 amide bonds. The predicted molar refractivity (Wildman–Crippen MR) is 83.2 cm³/mol. The fourth-order valence-electron chi connectivity index (χ4n) is 1.83. The lowest BCUT2D eigenvalue weighted by atomic mass is 10.1. The maximum atomic E-state index is 5.34. The van der Waals surface area contributed by atoms with Crippen LogP contribution >= 0.6 is 43.2 Å². The Balaban J connectivity index is 2.12. The Bertz CT molecular complexity index is 495. The van der Waals surface area contributed by atoms with Crippen molar-refractivity contribution in [1.29, 1.82) is 0 Å². The summed E-state index contributed by atoms with van der Waals surface area (Å²) in [6, 6.07) is 6.59. The second-order valence-corrected chi connectivity index (χ2v) is 7.33. The topological polar surface area (TPSA) is 25.2 Å². The van der Waals surface area contributed by atoms with Crippen molar-refractivity contribution in [1.82, 2.24) is 5.32 Å². The lowest BCUT2D eigenvalue weighted by Gasteiger charge is -2.16. The Morgan fingerprint density at radius 1 is 1.33 bits per heavy atom. The van der Waals surface area contributed by atoms with Gasteiger partial charge in [0.05, 0.1) is 10.0 Å². The summed E-state index contributed by atoms with van der Waals surface area (Å²) in [5.74, 6) is 0. The number of nitrogens with one attached hydrogen (secondary N) is 1. The molecular weight excluding hydrogens is 378 g/mol. The highest BCUT2D eigenvalue weighted by Gasteiger charge is 2.17. The molecule has 1 atom stereocenters. The molecule has 0 radical (unpaired) electrons. The third-order valence-corrected chi connectivity index (χ3v) is 4.99. The van der Waals surface area contributed by atoms with E-state index in [0.717, 1.165) is 24.1 Å². The fourth-order valence-corrected chi connectivity index (χ4v) is 3.87. The average molecular weight is 393 g/mol. The van der Waals surface area contributed by atoms with E-state index in [9.17, 15) is 0 Å². The molecule has 0 fully saturated rings. The summed E-state index contributed by atoms with van der Waals surface area (Å²) in [5, 5.41) is 3.57. The number of furan rings is 1. The molecule has 0 aliphatic carbocycles. The molecule has 1 unspecified atom stereocenters. The van der Waals surface area contributed by atoms with Crippen LogP contribution in [0, 0.1) is 0 Å². The zero-order chi connectivity index (χ0) is 13.0. The molecule has 2 heterocycles. The van der Waals surface area contributed by atoms with Crippen molar-refractivity contribution in [3.05, 3.63) is 43.4 Å². The second kappa shape index (κ2) is 6.89. The molecule has 18 heavy (non-hydrogen) atoms. The summed E-state index contributed by atoms with van der Waals surface area (Å²) in [6.45, 7) is 3.19. The van der Waals surface area contributed by atoms with E-state index in [1.807, 2.05) is 6.07 Å². The third kappa shape index (κ3) is 3.70. The number of thiophene rings is 1. The standard InChI is InChI=1S/C13H15Br2NOS/c1-2-6-16-11(10-5-7-17-13(10)15)8-9-3-4-12(14)18-9/h3-5,7,11,16H,2,6,8H2,1H3. The maximum Gasteiger partial charge on any atom is 0.173 e. The van der Waals surface area contributed by atoms with Crippen LogP contribution in [0.1, 0.15) is 29.8 Å². The van der Waals surface area contributed by atoms with Gasteiger partial charge in [-0.05, 0) is 63.0 Å². The molecular formula is C13H15Br2NOS. The molecule has 0 aliphatic heterocycles. The van der Waals surface area contributed by atoms with Gasteiger partial charge in [-0.3, -0.25) is 0 Å². The summed E-state index contributed by atoms with van der Waals surface area (Å²) in [5.41, 5.74) is 1.19. The predicted octanol–water partition coefficient (Wildman–Crippen LogP) is 5.15. The van der Waals surface area contributed by atoms with Gasteiger partial charge in [0.1, 0.15) is 0 Å². The van der Waals surface area contributed by atoms with Gasteiger partial charge in [0.25, 0.3) is 0 Å². The van der Waals surface area contributed by atoms with Crippen LogP contribution in [-0.2, 0) is 6.42 Å². The van der Waals surface area contributed by atoms with Gasteiger partial charge in [-0.1, -0.05) is 6.92 Å². The minimum atomic E-state index is 0.295. The van der Waals surface area contributed by atoms with Crippen LogP contribution in [0.3, 0.4) is 0 Å². The van der Waals surface area contributed by atoms with E-state index < -0.39 is 0 Å². The minimum absolute atomic E-state index is 0.295. The quantitative estimate of drug-likeness (QED) is 0.735. The average Bonchev–Trinajstić information content (AvgIpc) is 2.93. The zero-order valence-corrected chi connectivity index (χ0v) is 14.1. The summed E-state index contributed by atoms with van der Waals surface area (Å²) >= 11 is 8.76. The van der Waals surface area contributed by atoms with Crippen LogP contribution in [0.15, 0.2) is 37.3 Å². The summed E-state index contributed by atoms with van der Waals surface area (Å²) in [6.07, 6.45) is 3.83. The largest absolute Gasteiger partial charge is 0.457 e. The van der Waals surface area contributed by atoms with Gasteiger partial charge in [0, 0.05) is 22.9 Å². The molecule has 0 spiro atoms. The van der Waals surface area contributed by atoms with Gasteiger partial charge in [-0.15, -0.1) is 11.3 Å². The number of halogens is 2. The van der Waals surface area contributed by atoms with Crippen molar-refractivity contribution >= 4 is 43.2 Å². The first kappa shape index (κ1) is 14.3. The molecule has 0 bridgehead atoms. The third-order valence-electron chi connectivity index (χ3n) is 2.70. The van der Waals surface area contributed by atoms with E-state index in [1.165, 1.54) is 14.2 Å². The van der Waals surface area contributed by atoms with Gasteiger partial charge >= 0.3 is 0 Å². The van der Waals surface area contributed by atoms with Crippen molar-refractivity contribution in [2.75, 3.05) is 6.54 Å². The summed E-state index contributed by atoms with van der Waals surface area (Å²) in [4.78, 5) is 1.36. The van der Waals surface area contributed by atoms with E-state index in [1.54, 1.807) is 17.6 Å². The van der Waals surface area contributed by atoms with Gasteiger partial charge in [0.15, 0.2) is 4.67 Å². The van der Waals surface area contributed by atoms with Crippen LogP contribution in [0.2, 0.25) is 0 Å². The van der Waals surface area contributed by atoms with Gasteiger partial charge in [-0.2, -0.15) is 0 Å². The monoisotopic (exact) mass is 391 g/mol. The molecule has 0 saturated heterocycles. The number of rotatable bonds is 6. The first-order valence-corrected chi connectivity index (χ1v) is 8.31. The highest BCUT2D eigenvalue weighted by molar-refractivity contribution is 9.11. The first-order valence-electron chi connectivity index (χ1n) is 5.91. The van der Waals surface area contributed by atoms with Crippen molar-refractivity contribution in [2.45, 2.75) is 25.8 Å². The molecule has 1 N–H and O–H groups in total. The van der Waals surface area contributed by atoms with Crippen molar-refractivity contribution in [2.24, 2.45) is 0 Å². The van der Waals surface area contributed by atoms with E-state index in [0.29, 0.717) is 6.04 Å². The number of hydrogen-bond acceptors (Lipinski definition) is 3. The van der Waals surface area contributed by atoms with E-state index in [-0.39, 0.29) is 0 Å². The molecule has 2 aromatic heterocycles. The molecule has 2 aromatic rings. The van der Waals surface area contributed by atoms with Crippen molar-refractivity contribution in [3.63, 3.8) is 0 Å². The molecule has 0 aromatic carbocycles. The summed E-state index contributed by atoms with van der Waals surface area (Å²) < 4.78 is 7.34. The molecule has 2 rings (SSSR count). The Kier molecular flexibility index (Phi) is 5.48.